The van der Waals surface area contributed by atoms with E-state index in [-0.39, 0.29) is 41.7 Å². The number of allylic oxidation sites excluding steroid dienone is 2. The van der Waals surface area contributed by atoms with Crippen LogP contribution in [0.4, 0.5) is 13.2 Å². The van der Waals surface area contributed by atoms with Gasteiger partial charge < -0.3 is 14.2 Å². The lowest BCUT2D eigenvalue weighted by atomic mass is 9.89. The van der Waals surface area contributed by atoms with Crippen LogP contribution in [0.15, 0.2) is 91.5 Å². The highest BCUT2D eigenvalue weighted by Crippen LogP contribution is 2.42. The zero-order chi connectivity index (χ0) is 33.4. The molecule has 3 aromatic carbocycles. The van der Waals surface area contributed by atoms with E-state index in [9.17, 15) is 13.6 Å². The van der Waals surface area contributed by atoms with E-state index in [0.29, 0.717) is 11.1 Å². The molecule has 0 unspecified atom stereocenters. The van der Waals surface area contributed by atoms with Crippen molar-refractivity contribution in [1.29, 1.82) is 5.26 Å². The van der Waals surface area contributed by atoms with Crippen LogP contribution in [-0.2, 0) is 26.4 Å². The van der Waals surface area contributed by atoms with Crippen LogP contribution in [0.1, 0.15) is 39.5 Å². The number of halogens is 3. The van der Waals surface area contributed by atoms with Gasteiger partial charge in [0.2, 0.25) is 0 Å². The maximum absolute atomic E-state index is 15.6. The minimum atomic E-state index is -1.68. The SMILES string of the molecule is [CH2]c1ccccc1C(=O)O[C@@](Cn1cncn1)(c1ccc(F)cc1F)[C@@H](C)S[C@H]1CO[C@H](/C=C/C=C/c2ccc(C#N)cc2F)OC1. The summed E-state index contributed by atoms with van der Waals surface area (Å²) in [6.45, 7) is 6.08. The molecule has 2 heterocycles. The lowest BCUT2D eigenvalue weighted by Crippen LogP contribution is -2.47. The number of nitriles is 1. The zero-order valence-corrected chi connectivity index (χ0v) is 26.1. The molecule has 1 radical (unpaired) electrons. The molecule has 1 saturated heterocycles. The molecule has 1 aliphatic heterocycles. The van der Waals surface area contributed by atoms with E-state index in [0.717, 1.165) is 12.1 Å². The summed E-state index contributed by atoms with van der Waals surface area (Å²) in [6.07, 6.45) is 8.59. The lowest BCUT2D eigenvalue weighted by Gasteiger charge is -2.40. The maximum Gasteiger partial charge on any atom is 0.339 e. The first-order chi connectivity index (χ1) is 22.7. The van der Waals surface area contributed by atoms with Gasteiger partial charge in [0.1, 0.15) is 30.1 Å². The molecule has 0 N–H and O–H groups in total. The van der Waals surface area contributed by atoms with Crippen LogP contribution >= 0.6 is 11.8 Å². The molecule has 47 heavy (non-hydrogen) atoms. The van der Waals surface area contributed by atoms with E-state index in [1.807, 2.05) is 6.07 Å². The third-order valence-electron chi connectivity index (χ3n) is 7.49. The number of nitrogens with zero attached hydrogens (tertiary/aromatic N) is 4. The average Bonchev–Trinajstić information content (AvgIpc) is 3.57. The summed E-state index contributed by atoms with van der Waals surface area (Å²) in [5, 5.41) is 12.2. The number of rotatable bonds is 11. The van der Waals surface area contributed by atoms with Crippen molar-refractivity contribution in [2.75, 3.05) is 13.2 Å². The summed E-state index contributed by atoms with van der Waals surface area (Å²) in [6, 6.07) is 15.9. The van der Waals surface area contributed by atoms with Gasteiger partial charge in [0, 0.05) is 22.4 Å². The van der Waals surface area contributed by atoms with Gasteiger partial charge in [0.15, 0.2) is 11.9 Å². The molecule has 4 aromatic rings. The van der Waals surface area contributed by atoms with Crippen molar-refractivity contribution in [1.82, 2.24) is 14.8 Å². The number of benzene rings is 3. The molecule has 12 heteroatoms. The van der Waals surface area contributed by atoms with Crippen molar-refractivity contribution in [3.8, 4) is 6.07 Å². The Morgan fingerprint density at radius 2 is 1.94 bits per heavy atom. The largest absolute Gasteiger partial charge is 0.447 e. The smallest absolute Gasteiger partial charge is 0.339 e. The van der Waals surface area contributed by atoms with Crippen LogP contribution < -0.4 is 0 Å². The second-order valence-corrected chi connectivity index (χ2v) is 12.3. The van der Waals surface area contributed by atoms with Crippen LogP contribution in [0.25, 0.3) is 6.08 Å². The Morgan fingerprint density at radius 1 is 1.15 bits per heavy atom. The van der Waals surface area contributed by atoms with Crippen molar-refractivity contribution in [3.05, 3.63) is 144 Å². The monoisotopic (exact) mass is 659 g/mol. The van der Waals surface area contributed by atoms with Crippen molar-refractivity contribution >= 4 is 23.8 Å². The third-order valence-corrected chi connectivity index (χ3v) is 8.94. The van der Waals surface area contributed by atoms with Crippen molar-refractivity contribution < 1.29 is 32.2 Å². The number of carbonyl (C=O) groups excluding carboxylic acids is 1. The summed E-state index contributed by atoms with van der Waals surface area (Å²) in [4.78, 5) is 17.6. The topological polar surface area (TPSA) is 99.3 Å². The van der Waals surface area contributed by atoms with E-state index in [1.165, 1.54) is 53.4 Å². The van der Waals surface area contributed by atoms with Crippen LogP contribution in [0.2, 0.25) is 0 Å². The molecule has 0 amide bonds. The van der Waals surface area contributed by atoms with Crippen molar-refractivity contribution in [3.63, 3.8) is 0 Å². The van der Waals surface area contributed by atoms with Crippen LogP contribution in [-0.4, -0.2) is 50.7 Å². The highest BCUT2D eigenvalue weighted by molar-refractivity contribution is 8.00. The van der Waals surface area contributed by atoms with Gasteiger partial charge >= 0.3 is 5.97 Å². The average molecular weight is 660 g/mol. The van der Waals surface area contributed by atoms with Gasteiger partial charge in [-0.1, -0.05) is 42.5 Å². The molecule has 5 rings (SSSR count). The molecular weight excluding hydrogens is 629 g/mol. The Labute approximate surface area is 274 Å². The van der Waals surface area contributed by atoms with Gasteiger partial charge in [0.05, 0.1) is 42.2 Å². The number of aromatic nitrogens is 3. The molecule has 2 atom stereocenters. The van der Waals surface area contributed by atoms with Crippen LogP contribution in [0.3, 0.4) is 0 Å². The molecule has 241 valence electrons. The number of thioether (sulfide) groups is 1. The van der Waals surface area contributed by atoms with E-state index in [1.54, 1.807) is 55.5 Å². The first-order valence-corrected chi connectivity index (χ1v) is 15.5. The summed E-state index contributed by atoms with van der Waals surface area (Å²) in [5.74, 6) is -2.90. The summed E-state index contributed by atoms with van der Waals surface area (Å²) < 4.78 is 63.3. The predicted octanol–water partition coefficient (Wildman–Crippen LogP) is 6.63. The number of esters is 1. The first-order valence-electron chi connectivity index (χ1n) is 14.5. The maximum atomic E-state index is 15.6. The van der Waals surface area contributed by atoms with Crippen LogP contribution in [0.5, 0.6) is 0 Å². The Bertz CT molecular complexity index is 1800. The number of carbonyl (C=O) groups is 1. The van der Waals surface area contributed by atoms with Crippen molar-refractivity contribution in [2.24, 2.45) is 0 Å². The zero-order valence-electron chi connectivity index (χ0n) is 25.3. The first kappa shape index (κ1) is 33.7. The fourth-order valence-electron chi connectivity index (χ4n) is 5.07. The Morgan fingerprint density at radius 3 is 2.62 bits per heavy atom. The Hall–Kier alpha value is -4.70. The molecule has 1 aromatic heterocycles. The second-order valence-electron chi connectivity index (χ2n) is 10.7. The highest BCUT2D eigenvalue weighted by atomic mass is 32.2. The molecule has 0 saturated carbocycles. The van der Waals surface area contributed by atoms with Gasteiger partial charge in [-0.2, -0.15) is 10.4 Å². The fraction of sp³-hybridized carbons (Fsp3) is 0.229. The van der Waals surface area contributed by atoms with E-state index < -0.39 is 40.6 Å². The summed E-state index contributed by atoms with van der Waals surface area (Å²) >= 11 is 1.36. The minimum absolute atomic E-state index is 0.0340. The van der Waals surface area contributed by atoms with Gasteiger partial charge in [-0.05, 0) is 55.8 Å². The molecule has 0 aliphatic carbocycles. The summed E-state index contributed by atoms with van der Waals surface area (Å²) in [5.41, 5.74) is -0.523. The van der Waals surface area contributed by atoms with Gasteiger partial charge in [-0.15, -0.1) is 11.8 Å². The fourth-order valence-corrected chi connectivity index (χ4v) is 6.43. The van der Waals surface area contributed by atoms with Gasteiger partial charge in [-0.25, -0.2) is 27.6 Å². The molecule has 1 fully saturated rings. The number of hydrogen-bond donors (Lipinski definition) is 0. The van der Waals surface area contributed by atoms with E-state index in [2.05, 4.69) is 17.0 Å². The lowest BCUT2D eigenvalue weighted by molar-refractivity contribution is -0.146. The third kappa shape index (κ3) is 8.18. The quantitative estimate of drug-likeness (QED) is 0.131. The second kappa shape index (κ2) is 15.3. The molecule has 8 nitrogen and oxygen atoms in total. The van der Waals surface area contributed by atoms with Gasteiger partial charge in [-0.3, -0.25) is 0 Å². The van der Waals surface area contributed by atoms with E-state index >= 15 is 4.39 Å². The summed E-state index contributed by atoms with van der Waals surface area (Å²) in [7, 11) is 0. The Kier molecular flexibility index (Phi) is 10.9. The molecule has 1 aliphatic rings. The minimum Gasteiger partial charge on any atom is -0.447 e. The standard InChI is InChI=1S/C35H30F3N4O4S/c1-23-7-3-5-9-29(23)34(43)46-35(20-42-22-40-21-41-42,30-14-13-27(36)16-32(30)38)24(2)47-28-18-44-33(45-19-28)10-6-4-8-26-12-11-25(17-39)15-31(26)37/h3-16,21-22,24,28,33H,1,18-20H2,2H3/b8-4+,10-6+/t24-,28-,33-,35-/m1/s1. The number of hydrogen-bond acceptors (Lipinski definition) is 8. The predicted molar refractivity (Wildman–Crippen MR) is 170 cm³/mol. The normalized spacial score (nSPS) is 18.6. The molecule has 0 bridgehead atoms. The highest BCUT2D eigenvalue weighted by Gasteiger charge is 2.47. The molecule has 0 spiro atoms. The van der Waals surface area contributed by atoms with Crippen molar-refractivity contribution in [2.45, 2.75) is 35.9 Å². The van der Waals surface area contributed by atoms with E-state index in [4.69, 9.17) is 19.5 Å². The van der Waals surface area contributed by atoms with Gasteiger partial charge in [0.25, 0.3) is 0 Å². The molecular formula is C35H30F3N4O4S. The Balaban J connectivity index is 1.34. The number of ether oxygens (including phenoxy) is 3. The van der Waals surface area contributed by atoms with Crippen LogP contribution in [0, 0.1) is 35.7 Å².